The van der Waals surface area contributed by atoms with E-state index in [-0.39, 0.29) is 11.3 Å². The summed E-state index contributed by atoms with van der Waals surface area (Å²) in [5.41, 5.74) is 6.06. The van der Waals surface area contributed by atoms with Crippen molar-refractivity contribution in [3.05, 3.63) is 18.2 Å². The Balaban J connectivity index is 2.11. The molecule has 1 aliphatic carbocycles. The molecule has 0 aromatic heterocycles. The van der Waals surface area contributed by atoms with Crippen molar-refractivity contribution in [2.24, 2.45) is 11.1 Å². The lowest BCUT2D eigenvalue weighted by Crippen LogP contribution is -2.47. The number of hydrogen-bond donors (Lipinski definition) is 2. The van der Waals surface area contributed by atoms with Gasteiger partial charge in [0, 0.05) is 18.3 Å². The van der Waals surface area contributed by atoms with Crippen molar-refractivity contribution >= 4 is 11.6 Å². The molecule has 3 N–H and O–H groups in total. The molecule has 0 aliphatic heterocycles. The van der Waals surface area contributed by atoms with Crippen molar-refractivity contribution in [3.8, 4) is 11.5 Å². The maximum atomic E-state index is 12.3. The zero-order chi connectivity index (χ0) is 14.6. The van der Waals surface area contributed by atoms with E-state index in [0.29, 0.717) is 30.3 Å². The Kier molecular flexibility index (Phi) is 4.49. The van der Waals surface area contributed by atoms with Gasteiger partial charge < -0.3 is 20.5 Å². The van der Waals surface area contributed by atoms with Gasteiger partial charge in [0.15, 0.2) is 11.5 Å². The van der Waals surface area contributed by atoms with Gasteiger partial charge in [0.2, 0.25) is 5.91 Å². The average molecular weight is 278 g/mol. The van der Waals surface area contributed by atoms with Crippen LogP contribution in [0.2, 0.25) is 0 Å². The molecule has 5 heteroatoms. The largest absolute Gasteiger partial charge is 0.493 e. The maximum absolute atomic E-state index is 12.3. The van der Waals surface area contributed by atoms with Crippen LogP contribution in [-0.4, -0.2) is 26.2 Å². The average Bonchev–Trinajstić information content (AvgIpc) is 2.40. The standard InChI is InChI=1S/C15H22N2O3/c1-3-20-12-6-5-11(9-13(12)19-2)17-14(18)15(10-16)7-4-8-15/h5-6,9H,3-4,7-8,10,16H2,1-2H3,(H,17,18). The first-order chi connectivity index (χ1) is 9.65. The molecule has 0 bridgehead atoms. The van der Waals surface area contributed by atoms with Crippen molar-refractivity contribution in [2.75, 3.05) is 25.6 Å². The van der Waals surface area contributed by atoms with E-state index in [0.717, 1.165) is 19.3 Å². The van der Waals surface area contributed by atoms with E-state index < -0.39 is 0 Å². The number of nitrogens with two attached hydrogens (primary N) is 1. The van der Waals surface area contributed by atoms with Gasteiger partial charge in [-0.1, -0.05) is 6.42 Å². The Morgan fingerprint density at radius 1 is 1.40 bits per heavy atom. The second-order valence-corrected chi connectivity index (χ2v) is 5.09. The van der Waals surface area contributed by atoms with E-state index >= 15 is 0 Å². The van der Waals surface area contributed by atoms with Gasteiger partial charge >= 0.3 is 0 Å². The van der Waals surface area contributed by atoms with Crippen LogP contribution >= 0.6 is 0 Å². The highest BCUT2D eigenvalue weighted by Gasteiger charge is 2.42. The Morgan fingerprint density at radius 3 is 2.65 bits per heavy atom. The Morgan fingerprint density at radius 2 is 2.15 bits per heavy atom. The van der Waals surface area contributed by atoms with E-state index in [2.05, 4.69) is 5.32 Å². The zero-order valence-corrected chi connectivity index (χ0v) is 12.1. The molecule has 0 atom stereocenters. The number of benzene rings is 1. The highest BCUT2D eigenvalue weighted by molar-refractivity contribution is 5.96. The summed E-state index contributed by atoms with van der Waals surface area (Å²) in [5.74, 6) is 1.28. The number of hydrogen-bond acceptors (Lipinski definition) is 4. The molecular formula is C15H22N2O3. The molecule has 0 radical (unpaired) electrons. The molecule has 2 rings (SSSR count). The second kappa shape index (κ2) is 6.13. The maximum Gasteiger partial charge on any atom is 0.231 e. The topological polar surface area (TPSA) is 73.6 Å². The number of rotatable bonds is 6. The van der Waals surface area contributed by atoms with Crippen LogP contribution in [0.4, 0.5) is 5.69 Å². The number of amides is 1. The highest BCUT2D eigenvalue weighted by Crippen LogP contribution is 2.41. The molecule has 1 aliphatic rings. The number of methoxy groups -OCH3 is 1. The predicted octanol–water partition coefficient (Wildman–Crippen LogP) is 2.16. The van der Waals surface area contributed by atoms with Crippen molar-refractivity contribution < 1.29 is 14.3 Å². The molecule has 0 unspecified atom stereocenters. The number of carbonyl (C=O) groups excluding carboxylic acids is 1. The van der Waals surface area contributed by atoms with Crippen molar-refractivity contribution in [1.82, 2.24) is 0 Å². The number of carbonyl (C=O) groups is 1. The second-order valence-electron chi connectivity index (χ2n) is 5.09. The van der Waals surface area contributed by atoms with Gasteiger partial charge in [-0.05, 0) is 31.9 Å². The summed E-state index contributed by atoms with van der Waals surface area (Å²) >= 11 is 0. The molecule has 0 heterocycles. The summed E-state index contributed by atoms with van der Waals surface area (Å²) in [6.45, 7) is 2.88. The van der Waals surface area contributed by atoms with Gasteiger partial charge in [0.05, 0.1) is 19.1 Å². The summed E-state index contributed by atoms with van der Waals surface area (Å²) in [6, 6.07) is 5.38. The van der Waals surface area contributed by atoms with Crippen LogP contribution in [0.5, 0.6) is 11.5 Å². The normalized spacial score (nSPS) is 16.1. The van der Waals surface area contributed by atoms with Gasteiger partial charge in [-0.25, -0.2) is 0 Å². The van der Waals surface area contributed by atoms with Gasteiger partial charge in [-0.2, -0.15) is 0 Å². The number of ether oxygens (including phenoxy) is 2. The lowest BCUT2D eigenvalue weighted by atomic mass is 9.68. The van der Waals surface area contributed by atoms with Gasteiger partial charge in [0.25, 0.3) is 0 Å². The van der Waals surface area contributed by atoms with Crippen molar-refractivity contribution in [3.63, 3.8) is 0 Å². The SMILES string of the molecule is CCOc1ccc(NC(=O)C2(CN)CCC2)cc1OC. The van der Waals surface area contributed by atoms with Crippen LogP contribution in [0.25, 0.3) is 0 Å². The van der Waals surface area contributed by atoms with Crippen LogP contribution < -0.4 is 20.5 Å². The van der Waals surface area contributed by atoms with Gasteiger partial charge in [0.1, 0.15) is 0 Å². The van der Waals surface area contributed by atoms with E-state index in [1.807, 2.05) is 13.0 Å². The van der Waals surface area contributed by atoms with Crippen LogP contribution in [0.15, 0.2) is 18.2 Å². The van der Waals surface area contributed by atoms with Crippen molar-refractivity contribution in [2.45, 2.75) is 26.2 Å². The third kappa shape index (κ3) is 2.72. The Bertz CT molecular complexity index is 478. The predicted molar refractivity (Wildman–Crippen MR) is 78.1 cm³/mol. The lowest BCUT2D eigenvalue weighted by Gasteiger charge is -2.39. The van der Waals surface area contributed by atoms with Crippen molar-refractivity contribution in [1.29, 1.82) is 0 Å². The quantitative estimate of drug-likeness (QED) is 0.836. The number of nitrogens with one attached hydrogen (secondary N) is 1. The lowest BCUT2D eigenvalue weighted by molar-refractivity contribution is -0.129. The fraction of sp³-hybridized carbons (Fsp3) is 0.533. The minimum absolute atomic E-state index is 0.00235. The molecule has 110 valence electrons. The minimum atomic E-state index is -0.383. The third-order valence-electron chi connectivity index (χ3n) is 3.90. The molecule has 0 saturated heterocycles. The molecule has 20 heavy (non-hydrogen) atoms. The molecule has 0 spiro atoms. The summed E-state index contributed by atoms with van der Waals surface area (Å²) in [4.78, 5) is 12.3. The minimum Gasteiger partial charge on any atom is -0.493 e. The highest BCUT2D eigenvalue weighted by atomic mass is 16.5. The van der Waals surface area contributed by atoms with Gasteiger partial charge in [-0.3, -0.25) is 4.79 Å². The number of anilines is 1. The van der Waals surface area contributed by atoms with Crippen LogP contribution in [0.3, 0.4) is 0 Å². The molecule has 1 aromatic rings. The van der Waals surface area contributed by atoms with E-state index in [9.17, 15) is 4.79 Å². The fourth-order valence-corrected chi connectivity index (χ4v) is 2.41. The third-order valence-corrected chi connectivity index (χ3v) is 3.90. The Labute approximate surface area is 119 Å². The smallest absolute Gasteiger partial charge is 0.231 e. The summed E-state index contributed by atoms with van der Waals surface area (Å²) in [6.07, 6.45) is 2.80. The first-order valence-electron chi connectivity index (χ1n) is 6.97. The first kappa shape index (κ1) is 14.7. The van der Waals surface area contributed by atoms with Crippen LogP contribution in [0.1, 0.15) is 26.2 Å². The Hall–Kier alpha value is -1.75. The van der Waals surface area contributed by atoms with E-state index in [1.54, 1.807) is 19.2 Å². The molecule has 1 amide bonds. The summed E-state index contributed by atoms with van der Waals surface area (Å²) in [5, 5.41) is 2.93. The molecule has 1 fully saturated rings. The van der Waals surface area contributed by atoms with Crippen LogP contribution in [0, 0.1) is 5.41 Å². The summed E-state index contributed by atoms with van der Waals surface area (Å²) in [7, 11) is 1.58. The molecular weight excluding hydrogens is 256 g/mol. The molecule has 5 nitrogen and oxygen atoms in total. The summed E-state index contributed by atoms with van der Waals surface area (Å²) < 4.78 is 10.7. The monoisotopic (exact) mass is 278 g/mol. The first-order valence-corrected chi connectivity index (χ1v) is 6.97. The fourth-order valence-electron chi connectivity index (χ4n) is 2.41. The van der Waals surface area contributed by atoms with Crippen LogP contribution in [-0.2, 0) is 4.79 Å². The van der Waals surface area contributed by atoms with E-state index in [4.69, 9.17) is 15.2 Å². The van der Waals surface area contributed by atoms with Gasteiger partial charge in [-0.15, -0.1) is 0 Å². The van der Waals surface area contributed by atoms with E-state index in [1.165, 1.54) is 0 Å². The zero-order valence-electron chi connectivity index (χ0n) is 12.1. The molecule has 1 aromatic carbocycles. The molecule has 1 saturated carbocycles.